The molecule has 4 rings (SSSR count). The standard InChI is InChI=1S/C17H16F3NO3.C9H9N3O/c1-10-9-13(17(18,19)20)15(16(24)21(10)2)12-6-3-11(4-7-12)5-8-14(22)23;10-7-5-3-1-2-4-6(5)12-8(7)9(11)13/h3-4,6-7,9H,5,8H2,1-2H3,(H,22,23);1-4,7H,10H2,(H2,11,13). The minimum Gasteiger partial charge on any atom is -0.481 e. The number of primary amides is 1. The van der Waals surface area contributed by atoms with Crippen LogP contribution in [0.25, 0.3) is 11.1 Å². The highest BCUT2D eigenvalue weighted by atomic mass is 19.4. The molecule has 2 heterocycles. The highest BCUT2D eigenvalue weighted by Gasteiger charge is 2.36. The Balaban J connectivity index is 0.000000244. The first-order valence-electron chi connectivity index (χ1n) is 11.1. The number of nitrogens with two attached hydrogens (primary N) is 2. The van der Waals surface area contributed by atoms with E-state index in [1.54, 1.807) is 0 Å². The summed E-state index contributed by atoms with van der Waals surface area (Å²) in [5.74, 6) is -1.51. The van der Waals surface area contributed by atoms with Gasteiger partial charge < -0.3 is 21.1 Å². The quantitative estimate of drug-likeness (QED) is 0.477. The number of aromatic nitrogens is 1. The van der Waals surface area contributed by atoms with Crippen molar-refractivity contribution in [3.05, 3.63) is 87.3 Å². The first kappa shape index (κ1) is 27.3. The zero-order valence-electron chi connectivity index (χ0n) is 20.0. The van der Waals surface area contributed by atoms with Crippen LogP contribution in [0.2, 0.25) is 0 Å². The van der Waals surface area contributed by atoms with Crippen molar-refractivity contribution >= 4 is 23.3 Å². The van der Waals surface area contributed by atoms with Crippen LogP contribution in [-0.2, 0) is 29.2 Å². The Morgan fingerprint density at radius 2 is 1.73 bits per heavy atom. The topological polar surface area (TPSA) is 141 Å². The van der Waals surface area contributed by atoms with E-state index < -0.39 is 40.8 Å². The number of carbonyl (C=O) groups is 2. The molecule has 2 aromatic carbocycles. The molecule has 1 aromatic heterocycles. The Labute approximate surface area is 210 Å². The molecule has 0 saturated heterocycles. The molecule has 0 fully saturated rings. The van der Waals surface area contributed by atoms with Crippen molar-refractivity contribution in [1.82, 2.24) is 4.57 Å². The van der Waals surface area contributed by atoms with Gasteiger partial charge in [-0.15, -0.1) is 0 Å². The minimum absolute atomic E-state index is 0.0700. The fourth-order valence-electron chi connectivity index (χ4n) is 3.82. The Hall–Kier alpha value is -4.25. The van der Waals surface area contributed by atoms with E-state index >= 15 is 0 Å². The van der Waals surface area contributed by atoms with Crippen LogP contribution in [0.5, 0.6) is 0 Å². The highest BCUT2D eigenvalue weighted by molar-refractivity contribution is 6.41. The van der Waals surface area contributed by atoms with Gasteiger partial charge in [0.05, 0.1) is 22.9 Å². The van der Waals surface area contributed by atoms with Gasteiger partial charge in [-0.1, -0.05) is 42.5 Å². The first-order valence-corrected chi connectivity index (χ1v) is 11.1. The summed E-state index contributed by atoms with van der Waals surface area (Å²) < 4.78 is 41.1. The molecule has 1 unspecified atom stereocenters. The third kappa shape index (κ3) is 6.12. The molecule has 194 valence electrons. The lowest BCUT2D eigenvalue weighted by Gasteiger charge is -2.16. The third-order valence-electron chi connectivity index (χ3n) is 5.91. The Morgan fingerprint density at radius 3 is 2.27 bits per heavy atom. The minimum atomic E-state index is -4.64. The van der Waals surface area contributed by atoms with Crippen molar-refractivity contribution in [2.75, 3.05) is 0 Å². The average molecular weight is 515 g/mol. The maximum Gasteiger partial charge on any atom is 0.417 e. The van der Waals surface area contributed by atoms with Crippen molar-refractivity contribution in [2.24, 2.45) is 23.5 Å². The lowest BCUT2D eigenvalue weighted by molar-refractivity contribution is -0.138. The molecular formula is C26H25F3N4O4. The molecule has 1 aliphatic heterocycles. The van der Waals surface area contributed by atoms with Gasteiger partial charge >= 0.3 is 12.1 Å². The van der Waals surface area contributed by atoms with Crippen molar-refractivity contribution in [2.45, 2.75) is 32.0 Å². The summed E-state index contributed by atoms with van der Waals surface area (Å²) in [6, 6.07) is 13.8. The van der Waals surface area contributed by atoms with Gasteiger partial charge in [-0.3, -0.25) is 14.4 Å². The molecule has 0 spiro atoms. The zero-order chi connectivity index (χ0) is 27.5. The maximum absolute atomic E-state index is 13.3. The van der Waals surface area contributed by atoms with Gasteiger partial charge in [-0.05, 0) is 36.6 Å². The van der Waals surface area contributed by atoms with Gasteiger partial charge in [-0.25, -0.2) is 4.99 Å². The number of amides is 1. The molecule has 3 aromatic rings. The Bertz CT molecular complexity index is 1430. The SMILES string of the molecule is Cc1cc(C(F)(F)F)c(-c2ccc(CCC(=O)O)cc2)c(=O)n1C.NC(=O)C1=Nc2ccccc2C1N. The van der Waals surface area contributed by atoms with Crippen LogP contribution in [0.15, 0.2) is 64.4 Å². The van der Waals surface area contributed by atoms with E-state index in [0.29, 0.717) is 5.56 Å². The molecule has 0 saturated carbocycles. The first-order chi connectivity index (χ1) is 17.3. The Kier molecular flexibility index (Phi) is 7.97. The molecule has 0 radical (unpaired) electrons. The summed E-state index contributed by atoms with van der Waals surface area (Å²) in [6.07, 6.45) is -4.44. The number of hydrogen-bond donors (Lipinski definition) is 3. The lowest BCUT2D eigenvalue weighted by Crippen LogP contribution is -2.31. The van der Waals surface area contributed by atoms with Crippen LogP contribution >= 0.6 is 0 Å². The summed E-state index contributed by atoms with van der Waals surface area (Å²) in [6.45, 7) is 1.44. The summed E-state index contributed by atoms with van der Waals surface area (Å²) in [5.41, 5.74) is 11.7. The van der Waals surface area contributed by atoms with E-state index in [1.807, 2.05) is 24.3 Å². The molecule has 1 amide bonds. The van der Waals surface area contributed by atoms with Crippen LogP contribution in [0, 0.1) is 6.92 Å². The summed E-state index contributed by atoms with van der Waals surface area (Å²) >= 11 is 0. The molecule has 11 heteroatoms. The molecule has 0 aliphatic carbocycles. The number of para-hydroxylation sites is 1. The number of carboxylic acids is 1. The number of hydrogen-bond acceptors (Lipinski definition) is 5. The van der Waals surface area contributed by atoms with Gasteiger partial charge in [0.15, 0.2) is 0 Å². The number of carbonyl (C=O) groups excluding carboxylic acids is 1. The monoisotopic (exact) mass is 514 g/mol. The number of aryl methyl sites for hydroxylation is 2. The zero-order valence-corrected chi connectivity index (χ0v) is 20.0. The number of carboxylic acid groups (broad SMARTS) is 1. The molecule has 1 aliphatic rings. The average Bonchev–Trinajstić information content (AvgIpc) is 3.18. The number of fused-ring (bicyclic) bond motifs is 1. The van der Waals surface area contributed by atoms with Crippen LogP contribution in [0.4, 0.5) is 18.9 Å². The normalized spacial score (nSPS) is 14.3. The summed E-state index contributed by atoms with van der Waals surface area (Å²) in [5, 5.41) is 8.66. The number of rotatable bonds is 5. The van der Waals surface area contributed by atoms with Gasteiger partial charge in [0.1, 0.15) is 5.71 Å². The van der Waals surface area contributed by atoms with E-state index in [4.69, 9.17) is 16.6 Å². The Morgan fingerprint density at radius 1 is 1.11 bits per heavy atom. The van der Waals surface area contributed by atoms with Gasteiger partial charge in [0, 0.05) is 24.7 Å². The number of benzene rings is 2. The van der Waals surface area contributed by atoms with E-state index in [-0.39, 0.29) is 29.8 Å². The maximum atomic E-state index is 13.3. The second-order valence-corrected chi connectivity index (χ2v) is 8.42. The van der Waals surface area contributed by atoms with Crippen LogP contribution < -0.4 is 17.0 Å². The van der Waals surface area contributed by atoms with E-state index in [2.05, 4.69) is 4.99 Å². The van der Waals surface area contributed by atoms with Crippen molar-refractivity contribution < 1.29 is 27.9 Å². The van der Waals surface area contributed by atoms with Crippen molar-refractivity contribution in [1.29, 1.82) is 0 Å². The van der Waals surface area contributed by atoms with E-state index in [0.717, 1.165) is 17.3 Å². The van der Waals surface area contributed by atoms with Crippen molar-refractivity contribution in [3.63, 3.8) is 0 Å². The third-order valence-corrected chi connectivity index (χ3v) is 5.91. The number of aliphatic imine (C=N–C) groups is 1. The van der Waals surface area contributed by atoms with Crippen LogP contribution in [-0.4, -0.2) is 27.3 Å². The van der Waals surface area contributed by atoms with Crippen LogP contribution in [0.1, 0.15) is 34.8 Å². The summed E-state index contributed by atoms with van der Waals surface area (Å²) in [7, 11) is 1.42. The largest absolute Gasteiger partial charge is 0.481 e. The van der Waals surface area contributed by atoms with Crippen molar-refractivity contribution in [3.8, 4) is 11.1 Å². The predicted octanol–water partition coefficient (Wildman–Crippen LogP) is 3.65. The lowest BCUT2D eigenvalue weighted by atomic mass is 9.98. The number of pyridine rings is 1. The fourth-order valence-corrected chi connectivity index (χ4v) is 3.82. The number of halogens is 3. The number of nitrogens with zero attached hydrogens (tertiary/aromatic N) is 2. The molecule has 0 bridgehead atoms. The molecule has 1 atom stereocenters. The number of aliphatic carboxylic acids is 1. The number of alkyl halides is 3. The van der Waals surface area contributed by atoms with Gasteiger partial charge in [0.25, 0.3) is 11.5 Å². The molecule has 5 N–H and O–H groups in total. The van der Waals surface area contributed by atoms with E-state index in [1.165, 1.54) is 42.8 Å². The summed E-state index contributed by atoms with van der Waals surface area (Å²) in [4.78, 5) is 37.8. The van der Waals surface area contributed by atoms with Gasteiger partial charge in [0.2, 0.25) is 0 Å². The second kappa shape index (κ2) is 10.8. The highest BCUT2D eigenvalue weighted by Crippen LogP contribution is 2.36. The van der Waals surface area contributed by atoms with Gasteiger partial charge in [-0.2, -0.15) is 13.2 Å². The predicted molar refractivity (Wildman–Crippen MR) is 132 cm³/mol. The van der Waals surface area contributed by atoms with Crippen LogP contribution in [0.3, 0.4) is 0 Å². The molecular weight excluding hydrogens is 489 g/mol. The van der Waals surface area contributed by atoms with E-state index in [9.17, 15) is 27.6 Å². The molecule has 8 nitrogen and oxygen atoms in total. The fraction of sp³-hybridized carbons (Fsp3) is 0.231. The molecule has 37 heavy (non-hydrogen) atoms. The second-order valence-electron chi connectivity index (χ2n) is 8.42. The smallest absolute Gasteiger partial charge is 0.417 e.